The summed E-state index contributed by atoms with van der Waals surface area (Å²) in [5, 5.41) is 3.40. The Labute approximate surface area is 179 Å². The van der Waals surface area contributed by atoms with E-state index in [0.717, 1.165) is 58.4 Å². The quantitative estimate of drug-likeness (QED) is 0.784. The number of amides is 2. The summed E-state index contributed by atoms with van der Waals surface area (Å²) in [5.41, 5.74) is 0. The van der Waals surface area contributed by atoms with Gasteiger partial charge in [0.2, 0.25) is 11.8 Å². The molecule has 0 aromatic carbocycles. The Bertz CT molecular complexity index is 636. The highest BCUT2D eigenvalue weighted by molar-refractivity contribution is 5.85. The fraction of sp³-hybridized carbons (Fsp3) is 0.737. The normalized spacial score (nSPS) is 25.5. The van der Waals surface area contributed by atoms with Crippen LogP contribution < -0.4 is 5.32 Å². The molecule has 0 spiro atoms. The lowest BCUT2D eigenvalue weighted by Gasteiger charge is -2.48. The van der Waals surface area contributed by atoms with Gasteiger partial charge < -0.3 is 19.7 Å². The zero-order valence-corrected chi connectivity index (χ0v) is 17.8. The van der Waals surface area contributed by atoms with Crippen molar-refractivity contribution < 1.29 is 9.59 Å². The fourth-order valence-corrected chi connectivity index (χ4v) is 4.79. The van der Waals surface area contributed by atoms with E-state index in [9.17, 15) is 9.59 Å². The van der Waals surface area contributed by atoms with Crippen LogP contribution in [-0.4, -0.2) is 69.9 Å². The lowest BCUT2D eigenvalue weighted by atomic mass is 9.82. The molecule has 28 heavy (non-hydrogen) atoms. The minimum absolute atomic E-state index is 0. The van der Waals surface area contributed by atoms with Crippen LogP contribution in [-0.2, 0) is 16.1 Å². The Morgan fingerprint density at radius 2 is 1.96 bits per heavy atom. The molecule has 2 amide bonds. The molecule has 0 radical (unpaired) electrons. The molecule has 9 heteroatoms. The van der Waals surface area contributed by atoms with Gasteiger partial charge in [0.05, 0.1) is 6.33 Å². The number of carbonyl (C=O) groups excluding carboxylic acids is 2. The van der Waals surface area contributed by atoms with Crippen LogP contribution in [0.2, 0.25) is 0 Å². The van der Waals surface area contributed by atoms with Gasteiger partial charge in [-0.15, -0.1) is 24.8 Å². The molecule has 3 aliphatic rings. The van der Waals surface area contributed by atoms with Crippen molar-refractivity contribution in [2.24, 2.45) is 11.8 Å². The number of imidazole rings is 1. The maximum atomic E-state index is 12.6. The summed E-state index contributed by atoms with van der Waals surface area (Å²) in [6, 6.07) is 0.323. The second kappa shape index (κ2) is 10.5. The van der Waals surface area contributed by atoms with Crippen LogP contribution in [0, 0.1) is 11.8 Å². The highest BCUT2D eigenvalue weighted by Gasteiger charge is 2.40. The number of hydrogen-bond acceptors (Lipinski definition) is 4. The monoisotopic (exact) mass is 431 g/mol. The van der Waals surface area contributed by atoms with Crippen molar-refractivity contribution in [1.29, 1.82) is 0 Å². The molecule has 4 rings (SSSR count). The summed E-state index contributed by atoms with van der Waals surface area (Å²) in [7, 11) is 0. The number of piperidine rings is 3. The predicted octanol–water partition coefficient (Wildman–Crippen LogP) is 1.57. The van der Waals surface area contributed by atoms with Crippen molar-refractivity contribution in [2.75, 3.05) is 32.7 Å². The van der Waals surface area contributed by atoms with E-state index < -0.39 is 0 Å². The van der Waals surface area contributed by atoms with Gasteiger partial charge in [0.15, 0.2) is 0 Å². The van der Waals surface area contributed by atoms with Gasteiger partial charge in [0.25, 0.3) is 0 Å². The van der Waals surface area contributed by atoms with E-state index in [1.165, 1.54) is 0 Å². The number of nitrogens with one attached hydrogen (secondary N) is 1. The van der Waals surface area contributed by atoms with Gasteiger partial charge in [-0.3, -0.25) is 9.59 Å². The third-order valence-corrected chi connectivity index (χ3v) is 6.29. The van der Waals surface area contributed by atoms with Crippen LogP contribution in [0.1, 0.15) is 32.1 Å². The minimum atomic E-state index is 0. The third kappa shape index (κ3) is 5.19. The lowest BCUT2D eigenvalue weighted by Crippen LogP contribution is -2.58. The Hall–Kier alpha value is -1.31. The Kier molecular flexibility index (Phi) is 8.58. The highest BCUT2D eigenvalue weighted by Crippen LogP contribution is 2.32. The van der Waals surface area contributed by atoms with Gasteiger partial charge in [-0.2, -0.15) is 0 Å². The van der Waals surface area contributed by atoms with Crippen LogP contribution in [0.4, 0.5) is 0 Å². The maximum absolute atomic E-state index is 12.6. The Morgan fingerprint density at radius 1 is 1.18 bits per heavy atom. The van der Waals surface area contributed by atoms with E-state index in [-0.39, 0.29) is 30.7 Å². The molecule has 0 aliphatic carbocycles. The second-order valence-electron chi connectivity index (χ2n) is 7.97. The summed E-state index contributed by atoms with van der Waals surface area (Å²) in [5.74, 6) is 1.53. The van der Waals surface area contributed by atoms with Crippen LogP contribution >= 0.6 is 24.8 Å². The fourth-order valence-electron chi connectivity index (χ4n) is 4.79. The van der Waals surface area contributed by atoms with Crippen molar-refractivity contribution in [1.82, 2.24) is 24.7 Å². The van der Waals surface area contributed by atoms with E-state index in [4.69, 9.17) is 0 Å². The average molecular weight is 432 g/mol. The molecule has 0 unspecified atom stereocenters. The molecule has 1 aromatic rings. The van der Waals surface area contributed by atoms with E-state index in [0.29, 0.717) is 36.8 Å². The zero-order chi connectivity index (χ0) is 17.9. The SMILES string of the molecule is Cl.Cl.O=C(Cn1ccnc1)N1CC[C@@H]2[C@@H](CCC(=O)N2CC2CCNCC2)C1. The van der Waals surface area contributed by atoms with Gasteiger partial charge in [0, 0.05) is 44.5 Å². The van der Waals surface area contributed by atoms with Crippen LogP contribution in [0.3, 0.4) is 0 Å². The molecule has 1 aromatic heterocycles. The van der Waals surface area contributed by atoms with E-state index in [2.05, 4.69) is 15.2 Å². The minimum Gasteiger partial charge on any atom is -0.341 e. The van der Waals surface area contributed by atoms with Gasteiger partial charge in [-0.25, -0.2) is 4.98 Å². The zero-order valence-electron chi connectivity index (χ0n) is 16.2. The number of hydrogen-bond donors (Lipinski definition) is 1. The van der Waals surface area contributed by atoms with Crippen molar-refractivity contribution in [3.05, 3.63) is 18.7 Å². The molecule has 3 fully saturated rings. The maximum Gasteiger partial charge on any atom is 0.242 e. The van der Waals surface area contributed by atoms with Crippen molar-refractivity contribution in [2.45, 2.75) is 44.7 Å². The Morgan fingerprint density at radius 3 is 2.68 bits per heavy atom. The molecule has 3 aliphatic heterocycles. The average Bonchev–Trinajstić information content (AvgIpc) is 3.17. The molecule has 0 saturated carbocycles. The van der Waals surface area contributed by atoms with Crippen LogP contribution in [0.25, 0.3) is 0 Å². The van der Waals surface area contributed by atoms with E-state index in [1.807, 2.05) is 15.7 Å². The summed E-state index contributed by atoms with van der Waals surface area (Å²) in [4.78, 5) is 33.3. The number of rotatable bonds is 4. The topological polar surface area (TPSA) is 70.5 Å². The molecule has 4 heterocycles. The first kappa shape index (κ1) is 23.0. The summed E-state index contributed by atoms with van der Waals surface area (Å²) >= 11 is 0. The molecule has 7 nitrogen and oxygen atoms in total. The smallest absolute Gasteiger partial charge is 0.242 e. The molecular weight excluding hydrogens is 401 g/mol. The van der Waals surface area contributed by atoms with Crippen molar-refractivity contribution >= 4 is 36.6 Å². The number of carbonyl (C=O) groups is 2. The molecular formula is C19H31Cl2N5O2. The predicted molar refractivity (Wildman–Crippen MR) is 112 cm³/mol. The number of halogens is 2. The standard InChI is InChI=1S/C19H29N5O2.2ClH/c25-18-2-1-16-12-23(19(26)13-22-10-8-21-14-22)9-5-17(16)24(18)11-15-3-6-20-7-4-15;;/h8,10,14-17,20H,1-7,9,11-13H2;2*1H/t16-,17+;;/m0../s1. The van der Waals surface area contributed by atoms with Gasteiger partial charge in [0.1, 0.15) is 6.54 Å². The van der Waals surface area contributed by atoms with E-state index in [1.54, 1.807) is 12.5 Å². The third-order valence-electron chi connectivity index (χ3n) is 6.29. The first-order valence-corrected chi connectivity index (χ1v) is 9.94. The van der Waals surface area contributed by atoms with E-state index >= 15 is 0 Å². The molecule has 0 bridgehead atoms. The Balaban J connectivity index is 0.00000140. The summed E-state index contributed by atoms with van der Waals surface area (Å²) in [6.45, 7) is 4.94. The molecule has 2 atom stereocenters. The molecule has 158 valence electrons. The van der Waals surface area contributed by atoms with Crippen LogP contribution in [0.5, 0.6) is 0 Å². The van der Waals surface area contributed by atoms with Crippen molar-refractivity contribution in [3.63, 3.8) is 0 Å². The largest absolute Gasteiger partial charge is 0.341 e. The first-order chi connectivity index (χ1) is 12.7. The summed E-state index contributed by atoms with van der Waals surface area (Å²) in [6.07, 6.45) is 10.0. The lowest BCUT2D eigenvalue weighted by molar-refractivity contribution is -0.145. The number of fused-ring (bicyclic) bond motifs is 1. The molecule has 3 saturated heterocycles. The molecule has 1 N–H and O–H groups in total. The van der Waals surface area contributed by atoms with Crippen molar-refractivity contribution in [3.8, 4) is 0 Å². The van der Waals surface area contributed by atoms with Gasteiger partial charge in [-0.05, 0) is 50.6 Å². The van der Waals surface area contributed by atoms with Crippen LogP contribution in [0.15, 0.2) is 18.7 Å². The highest BCUT2D eigenvalue weighted by atomic mass is 35.5. The number of nitrogens with zero attached hydrogens (tertiary/aromatic N) is 4. The number of likely N-dealkylation sites (tertiary alicyclic amines) is 2. The van der Waals surface area contributed by atoms with Gasteiger partial charge in [-0.1, -0.05) is 0 Å². The number of aromatic nitrogens is 2. The summed E-state index contributed by atoms with van der Waals surface area (Å²) < 4.78 is 1.82. The second-order valence-corrected chi connectivity index (χ2v) is 7.97. The van der Waals surface area contributed by atoms with Gasteiger partial charge >= 0.3 is 0 Å². The first-order valence-electron chi connectivity index (χ1n) is 9.94.